The third-order valence-corrected chi connectivity index (χ3v) is 2.31. The Morgan fingerprint density at radius 2 is 0.786 bits per heavy atom. The SMILES string of the molecule is CO[SiH]([O-])OC.CO[SiH]([O-])OC.[K+].[K+]. The summed E-state index contributed by atoms with van der Waals surface area (Å²) in [6.07, 6.45) is 0. The first-order chi connectivity index (χ1) is 5.62. The molecule has 0 heterocycles. The van der Waals surface area contributed by atoms with Crippen molar-refractivity contribution < 1.29 is 130 Å². The van der Waals surface area contributed by atoms with Gasteiger partial charge in [0.2, 0.25) is 19.1 Å². The molecule has 0 aliphatic rings. The average molecular weight is 293 g/mol. The van der Waals surface area contributed by atoms with Crippen molar-refractivity contribution in [3.8, 4) is 0 Å². The van der Waals surface area contributed by atoms with Crippen molar-refractivity contribution in [2.75, 3.05) is 28.4 Å². The van der Waals surface area contributed by atoms with Crippen LogP contribution in [-0.4, -0.2) is 47.5 Å². The Bertz CT molecular complexity index is 74.2. The molecule has 0 saturated heterocycles. The normalized spacial score (nSPS) is 8.57. The van der Waals surface area contributed by atoms with Gasteiger partial charge in [0.05, 0.1) is 0 Å². The van der Waals surface area contributed by atoms with Crippen LogP contribution in [0.15, 0.2) is 0 Å². The molecule has 0 radical (unpaired) electrons. The van der Waals surface area contributed by atoms with Gasteiger partial charge in [0.15, 0.2) is 0 Å². The predicted octanol–water partition coefficient (Wildman–Crippen LogP) is -9.28. The minimum absolute atomic E-state index is 0. The van der Waals surface area contributed by atoms with E-state index in [1.165, 1.54) is 28.4 Å². The fourth-order valence-electron chi connectivity index (χ4n) is 0.192. The van der Waals surface area contributed by atoms with Gasteiger partial charge in [-0.05, 0) is 0 Å². The third kappa shape index (κ3) is 24.6. The van der Waals surface area contributed by atoms with Crippen LogP contribution in [0.2, 0.25) is 0 Å². The minimum Gasteiger partial charge on any atom is -0.819 e. The second-order valence-corrected chi connectivity index (χ2v) is 4.56. The predicted molar refractivity (Wildman–Crippen MR) is 42.3 cm³/mol. The quantitative estimate of drug-likeness (QED) is 0.479. The molecule has 0 saturated carbocycles. The second kappa shape index (κ2) is 21.7. The standard InChI is InChI=1S/2C2H7O3Si.2K/c2*1-4-6(3)5-2;;/h2*6H,1-2H3;;/q2*-1;2*+1. The largest absolute Gasteiger partial charge is 1.00 e. The molecule has 76 valence electrons. The summed E-state index contributed by atoms with van der Waals surface area (Å²) in [6, 6.07) is 0. The van der Waals surface area contributed by atoms with Crippen LogP contribution in [0.4, 0.5) is 0 Å². The molecular weight excluding hydrogens is 278 g/mol. The Morgan fingerprint density at radius 1 is 0.643 bits per heavy atom. The fraction of sp³-hybridized carbons (Fsp3) is 1.00. The van der Waals surface area contributed by atoms with E-state index < -0.39 is 19.1 Å². The van der Waals surface area contributed by atoms with Crippen molar-refractivity contribution in [1.82, 2.24) is 0 Å². The first-order valence-electron chi connectivity index (χ1n) is 3.05. The number of rotatable bonds is 4. The fourth-order valence-corrected chi connectivity index (χ4v) is 0.577. The minimum atomic E-state index is -2.41. The monoisotopic (exact) mass is 292 g/mol. The molecule has 0 aliphatic carbocycles. The Kier molecular flexibility index (Phi) is 40.5. The number of hydrogen-bond donors (Lipinski definition) is 0. The Balaban J connectivity index is -0.0000000625. The molecule has 0 spiro atoms. The van der Waals surface area contributed by atoms with Crippen LogP contribution in [0.3, 0.4) is 0 Å². The molecule has 0 unspecified atom stereocenters. The van der Waals surface area contributed by atoms with E-state index in [2.05, 4.69) is 17.7 Å². The maximum Gasteiger partial charge on any atom is 1.00 e. The van der Waals surface area contributed by atoms with E-state index in [0.29, 0.717) is 0 Å². The zero-order valence-corrected chi connectivity index (χ0v) is 18.2. The van der Waals surface area contributed by atoms with Crippen LogP contribution < -0.4 is 112 Å². The Labute approximate surface area is 173 Å². The first-order valence-corrected chi connectivity index (χ1v) is 5.88. The van der Waals surface area contributed by atoms with E-state index in [4.69, 9.17) is 0 Å². The second-order valence-electron chi connectivity index (χ2n) is 1.52. The van der Waals surface area contributed by atoms with Crippen molar-refractivity contribution in [3.05, 3.63) is 0 Å². The molecule has 0 fully saturated rings. The molecule has 0 aliphatic heterocycles. The van der Waals surface area contributed by atoms with Gasteiger partial charge in [-0.3, -0.25) is 0 Å². The van der Waals surface area contributed by atoms with Crippen LogP contribution in [0.5, 0.6) is 0 Å². The van der Waals surface area contributed by atoms with E-state index in [0.717, 1.165) is 0 Å². The van der Waals surface area contributed by atoms with Crippen LogP contribution in [0.25, 0.3) is 0 Å². The van der Waals surface area contributed by atoms with Gasteiger partial charge in [-0.25, -0.2) is 0 Å². The molecule has 0 amide bonds. The van der Waals surface area contributed by atoms with Crippen molar-refractivity contribution in [2.45, 2.75) is 0 Å². The maximum absolute atomic E-state index is 9.96. The molecule has 0 aromatic heterocycles. The smallest absolute Gasteiger partial charge is 0.819 e. The van der Waals surface area contributed by atoms with Crippen molar-refractivity contribution >= 4 is 19.1 Å². The van der Waals surface area contributed by atoms with E-state index in [9.17, 15) is 9.59 Å². The summed E-state index contributed by atoms with van der Waals surface area (Å²) < 4.78 is 17.0. The van der Waals surface area contributed by atoms with Gasteiger partial charge in [-0.1, -0.05) is 0 Å². The topological polar surface area (TPSA) is 83.0 Å². The molecule has 6 nitrogen and oxygen atoms in total. The van der Waals surface area contributed by atoms with E-state index in [-0.39, 0.29) is 103 Å². The van der Waals surface area contributed by atoms with Crippen LogP contribution in [0.1, 0.15) is 0 Å². The Morgan fingerprint density at radius 3 is 0.786 bits per heavy atom. The Hall–Kier alpha value is 3.47. The van der Waals surface area contributed by atoms with Crippen LogP contribution in [-0.2, 0) is 17.7 Å². The first kappa shape index (κ1) is 26.1. The van der Waals surface area contributed by atoms with Crippen LogP contribution in [0, 0.1) is 0 Å². The van der Waals surface area contributed by atoms with Gasteiger partial charge < -0.3 is 27.3 Å². The third-order valence-electron chi connectivity index (χ3n) is 0.770. The van der Waals surface area contributed by atoms with Gasteiger partial charge in [-0.2, -0.15) is 0 Å². The zero-order valence-electron chi connectivity index (χ0n) is 9.60. The molecule has 14 heavy (non-hydrogen) atoms. The number of hydrogen-bond acceptors (Lipinski definition) is 6. The average Bonchev–Trinajstić information content (AvgIpc) is 2.16. The molecular formula is C4H14K2O6Si2. The van der Waals surface area contributed by atoms with Gasteiger partial charge in [0.1, 0.15) is 0 Å². The van der Waals surface area contributed by atoms with E-state index in [1.807, 2.05) is 0 Å². The molecule has 0 N–H and O–H groups in total. The summed E-state index contributed by atoms with van der Waals surface area (Å²) in [5, 5.41) is 0. The summed E-state index contributed by atoms with van der Waals surface area (Å²) in [7, 11) is 0.597. The van der Waals surface area contributed by atoms with Gasteiger partial charge in [-0.15, -0.1) is 0 Å². The van der Waals surface area contributed by atoms with Crippen molar-refractivity contribution in [2.24, 2.45) is 0 Å². The molecule has 0 aromatic rings. The van der Waals surface area contributed by atoms with Gasteiger partial charge in [0.25, 0.3) is 0 Å². The molecule has 0 bridgehead atoms. The van der Waals surface area contributed by atoms with Crippen LogP contribution >= 0.6 is 0 Å². The molecule has 0 atom stereocenters. The summed E-state index contributed by atoms with van der Waals surface area (Å²) in [5.74, 6) is 0. The van der Waals surface area contributed by atoms with E-state index >= 15 is 0 Å². The summed E-state index contributed by atoms with van der Waals surface area (Å²) >= 11 is 0. The van der Waals surface area contributed by atoms with E-state index in [1.54, 1.807) is 0 Å². The summed E-state index contributed by atoms with van der Waals surface area (Å²) in [4.78, 5) is 19.9. The summed E-state index contributed by atoms with van der Waals surface area (Å²) in [6.45, 7) is 0. The molecule has 10 heteroatoms. The van der Waals surface area contributed by atoms with Crippen molar-refractivity contribution in [3.63, 3.8) is 0 Å². The van der Waals surface area contributed by atoms with Crippen molar-refractivity contribution in [1.29, 1.82) is 0 Å². The van der Waals surface area contributed by atoms with Gasteiger partial charge in [0, 0.05) is 28.4 Å². The zero-order chi connectivity index (χ0) is 9.98. The summed E-state index contributed by atoms with van der Waals surface area (Å²) in [5.41, 5.74) is 0. The molecule has 0 aromatic carbocycles. The maximum atomic E-state index is 9.96. The van der Waals surface area contributed by atoms with Gasteiger partial charge >= 0.3 is 103 Å². The molecule has 0 rings (SSSR count).